The minimum Gasteiger partial charge on any atom is -0.249 e. The molecule has 0 aliphatic heterocycles. The first-order valence-electron chi connectivity index (χ1n) is 3.55. The van der Waals surface area contributed by atoms with Crippen molar-refractivity contribution in [3.05, 3.63) is 16.0 Å². The SMILES string of the molecule is Cn1nc(I)c2c(Cl)c(I)c(I)nc21. The second-order valence-electron chi connectivity index (χ2n) is 2.64. The molecular weight excluding hydrogens is 542 g/mol. The molecule has 2 aromatic rings. The van der Waals surface area contributed by atoms with Gasteiger partial charge in [0.15, 0.2) is 5.65 Å². The predicted molar refractivity (Wildman–Crippen MR) is 81.7 cm³/mol. The number of aryl methyl sites for hydroxylation is 1. The van der Waals surface area contributed by atoms with Crippen LogP contribution < -0.4 is 0 Å². The summed E-state index contributed by atoms with van der Waals surface area (Å²) >= 11 is 12.8. The lowest BCUT2D eigenvalue weighted by atomic mass is 10.3. The van der Waals surface area contributed by atoms with Crippen LogP contribution in [0.15, 0.2) is 0 Å². The van der Waals surface area contributed by atoms with Gasteiger partial charge in [-0.3, -0.25) is 0 Å². The van der Waals surface area contributed by atoms with Crippen LogP contribution >= 0.6 is 79.4 Å². The first-order valence-corrected chi connectivity index (χ1v) is 7.16. The zero-order valence-corrected chi connectivity index (χ0v) is 14.1. The van der Waals surface area contributed by atoms with Gasteiger partial charge in [-0.25, -0.2) is 9.67 Å². The van der Waals surface area contributed by atoms with Gasteiger partial charge in [0, 0.05) is 7.05 Å². The van der Waals surface area contributed by atoms with Crippen LogP contribution in [0.4, 0.5) is 0 Å². The number of pyridine rings is 1. The molecular formula is C7H3ClI3N3. The molecule has 0 aromatic carbocycles. The molecule has 0 aliphatic rings. The average Bonchev–Trinajstić information content (AvgIpc) is 2.38. The summed E-state index contributed by atoms with van der Waals surface area (Å²) in [6, 6.07) is 0. The van der Waals surface area contributed by atoms with E-state index in [4.69, 9.17) is 11.6 Å². The summed E-state index contributed by atoms with van der Waals surface area (Å²) in [6.07, 6.45) is 0. The molecule has 7 heteroatoms. The van der Waals surface area contributed by atoms with Gasteiger partial charge in [-0.2, -0.15) is 5.10 Å². The molecule has 74 valence electrons. The molecule has 0 amide bonds. The van der Waals surface area contributed by atoms with Crippen LogP contribution in [0.2, 0.25) is 5.02 Å². The van der Waals surface area contributed by atoms with Crippen LogP contribution in [0.5, 0.6) is 0 Å². The molecule has 0 saturated heterocycles. The van der Waals surface area contributed by atoms with Gasteiger partial charge in [-0.15, -0.1) is 0 Å². The van der Waals surface area contributed by atoms with E-state index in [-0.39, 0.29) is 0 Å². The van der Waals surface area contributed by atoms with E-state index in [2.05, 4.69) is 77.9 Å². The van der Waals surface area contributed by atoms with Gasteiger partial charge in [-0.05, 0) is 67.8 Å². The van der Waals surface area contributed by atoms with Gasteiger partial charge >= 0.3 is 0 Å². The molecule has 0 fully saturated rings. The van der Waals surface area contributed by atoms with Crippen LogP contribution in [0, 0.1) is 11.0 Å². The number of rotatable bonds is 0. The first-order chi connectivity index (χ1) is 6.52. The second-order valence-corrected chi connectivity index (χ2v) is 6.14. The maximum absolute atomic E-state index is 6.24. The summed E-state index contributed by atoms with van der Waals surface area (Å²) in [5, 5.41) is 5.97. The third-order valence-corrected chi connectivity index (χ3v) is 6.09. The highest BCUT2D eigenvalue weighted by atomic mass is 127. The number of aromatic nitrogens is 3. The van der Waals surface area contributed by atoms with Crippen molar-refractivity contribution in [1.82, 2.24) is 14.8 Å². The predicted octanol–water partition coefficient (Wildman–Crippen LogP) is 3.44. The van der Waals surface area contributed by atoms with E-state index in [1.165, 1.54) is 0 Å². The van der Waals surface area contributed by atoms with E-state index in [9.17, 15) is 0 Å². The molecule has 0 aliphatic carbocycles. The molecule has 0 saturated carbocycles. The van der Waals surface area contributed by atoms with Crippen LogP contribution in [0.25, 0.3) is 11.0 Å². The largest absolute Gasteiger partial charge is 0.249 e. The lowest BCUT2D eigenvalue weighted by Crippen LogP contribution is -1.95. The van der Waals surface area contributed by atoms with E-state index in [1.807, 2.05) is 7.05 Å². The van der Waals surface area contributed by atoms with Gasteiger partial charge in [0.1, 0.15) is 7.40 Å². The van der Waals surface area contributed by atoms with Crippen molar-refractivity contribution in [1.29, 1.82) is 0 Å². The Labute approximate surface area is 126 Å². The Morgan fingerprint density at radius 2 is 1.86 bits per heavy atom. The van der Waals surface area contributed by atoms with Crippen molar-refractivity contribution in [2.45, 2.75) is 0 Å². The molecule has 0 unspecified atom stereocenters. The third-order valence-electron chi connectivity index (χ3n) is 1.77. The van der Waals surface area contributed by atoms with E-state index >= 15 is 0 Å². The smallest absolute Gasteiger partial charge is 0.161 e. The van der Waals surface area contributed by atoms with E-state index < -0.39 is 0 Å². The quantitative estimate of drug-likeness (QED) is 0.376. The van der Waals surface area contributed by atoms with Crippen molar-refractivity contribution in [3.63, 3.8) is 0 Å². The number of nitrogens with zero attached hydrogens (tertiary/aromatic N) is 3. The fourth-order valence-corrected chi connectivity index (χ4v) is 3.45. The Balaban J connectivity index is 3.01. The monoisotopic (exact) mass is 545 g/mol. The minimum absolute atomic E-state index is 0.748. The number of hydrogen-bond donors (Lipinski definition) is 0. The summed E-state index contributed by atoms with van der Waals surface area (Å²) in [5.74, 6) is 0. The fourth-order valence-electron chi connectivity index (χ4n) is 1.14. The van der Waals surface area contributed by atoms with Gasteiger partial charge in [0.2, 0.25) is 0 Å². The van der Waals surface area contributed by atoms with Crippen LogP contribution in [0.3, 0.4) is 0 Å². The molecule has 0 radical (unpaired) electrons. The summed E-state index contributed by atoms with van der Waals surface area (Å²) in [5.41, 5.74) is 0.837. The highest BCUT2D eigenvalue weighted by Gasteiger charge is 2.16. The van der Waals surface area contributed by atoms with Gasteiger partial charge < -0.3 is 0 Å². The van der Waals surface area contributed by atoms with Gasteiger partial charge in [0.05, 0.1) is 14.0 Å². The Kier molecular flexibility index (Phi) is 3.45. The summed E-state index contributed by atoms with van der Waals surface area (Å²) < 4.78 is 4.55. The highest BCUT2D eigenvalue weighted by molar-refractivity contribution is 14.1. The Bertz CT molecular complexity index is 523. The van der Waals surface area contributed by atoms with E-state index in [0.717, 1.165) is 27.0 Å². The fraction of sp³-hybridized carbons (Fsp3) is 0.143. The van der Waals surface area contributed by atoms with Crippen LogP contribution in [-0.4, -0.2) is 14.8 Å². The van der Waals surface area contributed by atoms with Crippen molar-refractivity contribution < 1.29 is 0 Å². The minimum atomic E-state index is 0.748. The summed E-state index contributed by atoms with van der Waals surface area (Å²) in [7, 11) is 1.87. The number of hydrogen-bond acceptors (Lipinski definition) is 2. The molecule has 2 aromatic heterocycles. The average molecular weight is 545 g/mol. The standard InChI is InChI=1S/C7H3ClI3N3/c1-14-7-2(5(10)13-14)3(8)4(9)6(11)12-7/h1H3. The van der Waals surface area contributed by atoms with E-state index in [0.29, 0.717) is 0 Å². The van der Waals surface area contributed by atoms with E-state index in [1.54, 1.807) is 4.68 Å². The third kappa shape index (κ3) is 1.75. The molecule has 3 nitrogen and oxygen atoms in total. The Morgan fingerprint density at radius 3 is 2.50 bits per heavy atom. The molecule has 0 bridgehead atoms. The zero-order chi connectivity index (χ0) is 10.5. The Morgan fingerprint density at radius 1 is 1.21 bits per heavy atom. The molecule has 2 rings (SSSR count). The molecule has 2 heterocycles. The Hall–Kier alpha value is 1.10. The second kappa shape index (κ2) is 4.17. The maximum Gasteiger partial charge on any atom is 0.161 e. The van der Waals surface area contributed by atoms with Crippen molar-refractivity contribution in [3.8, 4) is 0 Å². The van der Waals surface area contributed by atoms with Crippen LogP contribution in [-0.2, 0) is 7.05 Å². The summed E-state index contributed by atoms with van der Waals surface area (Å²) in [6.45, 7) is 0. The van der Waals surface area contributed by atoms with Crippen LogP contribution in [0.1, 0.15) is 0 Å². The lowest BCUT2D eigenvalue weighted by Gasteiger charge is -2.01. The molecule has 0 N–H and O–H groups in total. The lowest BCUT2D eigenvalue weighted by molar-refractivity contribution is 0.776. The van der Waals surface area contributed by atoms with Crippen molar-refractivity contribution in [2.75, 3.05) is 0 Å². The number of halogens is 4. The maximum atomic E-state index is 6.24. The number of fused-ring (bicyclic) bond motifs is 1. The summed E-state index contributed by atoms with van der Waals surface area (Å²) in [4.78, 5) is 4.45. The first kappa shape index (κ1) is 11.6. The molecule has 0 atom stereocenters. The van der Waals surface area contributed by atoms with Gasteiger partial charge in [0.25, 0.3) is 0 Å². The van der Waals surface area contributed by atoms with Crippen molar-refractivity contribution >= 4 is 90.4 Å². The highest BCUT2D eigenvalue weighted by Crippen LogP contribution is 2.32. The van der Waals surface area contributed by atoms with Gasteiger partial charge in [-0.1, -0.05) is 11.6 Å². The van der Waals surface area contributed by atoms with Crippen molar-refractivity contribution in [2.24, 2.45) is 7.05 Å². The molecule has 0 spiro atoms. The zero-order valence-electron chi connectivity index (χ0n) is 6.85. The normalized spacial score (nSPS) is 11.2. The molecule has 14 heavy (non-hydrogen) atoms. The topological polar surface area (TPSA) is 30.7 Å².